The molecule has 0 fully saturated rings. The van der Waals surface area contributed by atoms with Crippen LogP contribution in [0.2, 0.25) is 0 Å². The summed E-state index contributed by atoms with van der Waals surface area (Å²) in [5, 5.41) is 0. The zero-order valence-corrected chi connectivity index (χ0v) is 6.45. The third-order valence-corrected chi connectivity index (χ3v) is 0. The van der Waals surface area contributed by atoms with Crippen molar-refractivity contribution in [2.24, 2.45) is 0 Å². The molecule has 0 amide bonds. The van der Waals surface area contributed by atoms with Gasteiger partial charge in [0.15, 0.2) is 0 Å². The summed E-state index contributed by atoms with van der Waals surface area (Å²) in [7, 11) is 0. The van der Waals surface area contributed by atoms with E-state index in [-0.39, 0.29) is 72.5 Å². The molecule has 0 aliphatic carbocycles. The summed E-state index contributed by atoms with van der Waals surface area (Å²) in [5.41, 5.74) is 0. The first kappa shape index (κ1) is 39.3. The fraction of sp³-hybridized carbons (Fsp3) is 0. The van der Waals surface area contributed by atoms with Gasteiger partial charge in [0.2, 0.25) is 0 Å². The molecular formula is H3BFeNNd. The molecule has 0 saturated carbocycles. The molecule has 0 aromatic heterocycles. The zero-order chi connectivity index (χ0) is 0. The van der Waals surface area contributed by atoms with E-state index < -0.39 is 0 Å². The fourth-order valence-electron chi connectivity index (χ4n) is 0. The van der Waals surface area contributed by atoms with Crippen molar-refractivity contribution >= 4 is 8.41 Å². The molecule has 0 aromatic rings. The van der Waals surface area contributed by atoms with E-state index in [1.807, 2.05) is 0 Å². The topological polar surface area (TPSA) is 35.0 Å². The van der Waals surface area contributed by atoms with Gasteiger partial charge in [0.25, 0.3) is 0 Å². The number of hydrogen-bond donors (Lipinski definition) is 1. The molecule has 23 valence electrons. The maximum Gasteiger partial charge on any atom is 0 e. The third-order valence-electron chi connectivity index (χ3n) is 0. The number of hydrogen-bond acceptors (Lipinski definition) is 1. The van der Waals surface area contributed by atoms with E-state index in [0.29, 0.717) is 0 Å². The Hall–Kier alpha value is 1.90. The summed E-state index contributed by atoms with van der Waals surface area (Å²) in [6.07, 6.45) is 0. The van der Waals surface area contributed by atoms with Crippen LogP contribution in [0, 0.1) is 40.8 Å². The Morgan fingerprint density at radius 1 is 1.00 bits per heavy atom. The van der Waals surface area contributed by atoms with Gasteiger partial charge in [-0.25, -0.2) is 0 Å². The summed E-state index contributed by atoms with van der Waals surface area (Å²) in [6.45, 7) is 0. The van der Waals surface area contributed by atoms with Crippen molar-refractivity contribution in [2.45, 2.75) is 0 Å². The van der Waals surface area contributed by atoms with Crippen LogP contribution < -0.4 is 6.15 Å². The minimum Gasteiger partial charge on any atom is -0.344 e. The average Bonchev–Trinajstić information content (AvgIpc) is 0. The monoisotopic (exact) mass is 226 g/mol. The third kappa shape index (κ3) is 9.09. The molecule has 0 unspecified atom stereocenters. The van der Waals surface area contributed by atoms with Crippen LogP contribution in [0.15, 0.2) is 0 Å². The van der Waals surface area contributed by atoms with Crippen molar-refractivity contribution < 1.29 is 57.9 Å². The first-order chi connectivity index (χ1) is 0. The second kappa shape index (κ2) is 20.7. The van der Waals surface area contributed by atoms with E-state index in [2.05, 4.69) is 0 Å². The molecule has 0 atom stereocenters. The van der Waals surface area contributed by atoms with Crippen molar-refractivity contribution in [3.05, 3.63) is 0 Å². The average molecular weight is 228 g/mol. The van der Waals surface area contributed by atoms with E-state index >= 15 is 0 Å². The van der Waals surface area contributed by atoms with Crippen LogP contribution in [0.25, 0.3) is 0 Å². The van der Waals surface area contributed by atoms with Crippen LogP contribution in [-0.2, 0) is 17.1 Å². The molecule has 0 spiro atoms. The van der Waals surface area contributed by atoms with Gasteiger partial charge < -0.3 is 6.15 Å². The van der Waals surface area contributed by atoms with Gasteiger partial charge in [-0.3, -0.25) is 0 Å². The van der Waals surface area contributed by atoms with Gasteiger partial charge in [0, 0.05) is 66.3 Å². The molecule has 0 rings (SSSR count). The van der Waals surface area contributed by atoms with Gasteiger partial charge in [0.05, 0.1) is 0 Å². The zero-order valence-electron chi connectivity index (χ0n) is 2.14. The van der Waals surface area contributed by atoms with Gasteiger partial charge in [-0.15, -0.1) is 0 Å². The standard InChI is InChI=1S/B.Fe.H3N.Nd/h;;1H3;. The van der Waals surface area contributed by atoms with Gasteiger partial charge in [-0.05, 0) is 0 Å². The summed E-state index contributed by atoms with van der Waals surface area (Å²) < 4.78 is 0. The summed E-state index contributed by atoms with van der Waals surface area (Å²) >= 11 is 0. The van der Waals surface area contributed by atoms with Crippen LogP contribution in [-0.4, -0.2) is 8.41 Å². The Balaban J connectivity index is 0. The molecule has 0 saturated heterocycles. The molecular weight excluding hydrogens is 225 g/mol. The first-order valence-electron chi connectivity index (χ1n) is 0. The van der Waals surface area contributed by atoms with Gasteiger partial charge in [0.1, 0.15) is 0 Å². The Morgan fingerprint density at radius 3 is 1.00 bits per heavy atom. The minimum atomic E-state index is 0. The quantitative estimate of drug-likeness (QED) is 0.571. The maximum absolute atomic E-state index is 0. The van der Waals surface area contributed by atoms with E-state index in [1.165, 1.54) is 0 Å². The maximum atomic E-state index is 0. The van der Waals surface area contributed by atoms with Crippen molar-refractivity contribution in [3.63, 3.8) is 0 Å². The predicted molar refractivity (Wildman–Crippen MR) is 10.8 cm³/mol. The SMILES string of the molecule is N.[B].[Fe].[Nd]. The second-order valence-corrected chi connectivity index (χ2v) is 0. The van der Waals surface area contributed by atoms with Crippen molar-refractivity contribution in [3.8, 4) is 0 Å². The molecule has 0 aromatic carbocycles. The summed E-state index contributed by atoms with van der Waals surface area (Å²) in [4.78, 5) is 0. The van der Waals surface area contributed by atoms with Crippen LogP contribution in [0.4, 0.5) is 0 Å². The van der Waals surface area contributed by atoms with E-state index in [9.17, 15) is 0 Å². The second-order valence-electron chi connectivity index (χ2n) is 0. The molecule has 4 heavy (non-hydrogen) atoms. The van der Waals surface area contributed by atoms with Crippen molar-refractivity contribution in [1.82, 2.24) is 6.15 Å². The van der Waals surface area contributed by atoms with E-state index in [4.69, 9.17) is 0 Å². The molecule has 0 bridgehead atoms. The number of rotatable bonds is 0. The van der Waals surface area contributed by atoms with Gasteiger partial charge >= 0.3 is 0 Å². The Morgan fingerprint density at radius 2 is 1.00 bits per heavy atom. The van der Waals surface area contributed by atoms with Gasteiger partial charge in [-0.2, -0.15) is 0 Å². The Bertz CT molecular complexity index is 8.00. The molecule has 0 aliphatic rings. The normalized spacial score (nSPS) is 0. The van der Waals surface area contributed by atoms with Crippen molar-refractivity contribution in [2.75, 3.05) is 0 Å². The molecule has 3 radical (unpaired) electrons. The molecule has 3 N–H and O–H groups in total. The van der Waals surface area contributed by atoms with Crippen LogP contribution in [0.5, 0.6) is 0 Å². The van der Waals surface area contributed by atoms with Crippen LogP contribution >= 0.6 is 0 Å². The van der Waals surface area contributed by atoms with E-state index in [1.54, 1.807) is 0 Å². The summed E-state index contributed by atoms with van der Waals surface area (Å²) in [6, 6.07) is 0. The molecule has 0 aliphatic heterocycles. The largest absolute Gasteiger partial charge is 0.344 e. The fourth-order valence-corrected chi connectivity index (χ4v) is 0. The van der Waals surface area contributed by atoms with Gasteiger partial charge in [-0.1, -0.05) is 0 Å². The van der Waals surface area contributed by atoms with Crippen LogP contribution in [0.1, 0.15) is 0 Å². The molecule has 1 nitrogen and oxygen atoms in total. The molecule has 4 heteroatoms. The smallest absolute Gasteiger partial charge is 0 e. The molecule has 0 heterocycles. The first-order valence-corrected chi connectivity index (χ1v) is 0. The van der Waals surface area contributed by atoms with Crippen LogP contribution in [0.3, 0.4) is 0 Å². The minimum absolute atomic E-state index is 0. The summed E-state index contributed by atoms with van der Waals surface area (Å²) in [5.74, 6) is 0. The van der Waals surface area contributed by atoms with E-state index in [0.717, 1.165) is 0 Å². The Labute approximate surface area is 71.5 Å². The Kier molecular flexibility index (Phi) is 203. The predicted octanol–water partition coefficient (Wildman–Crippen LogP) is -0.221. The van der Waals surface area contributed by atoms with Crippen molar-refractivity contribution in [1.29, 1.82) is 0 Å².